The first-order valence-electron chi connectivity index (χ1n) is 6.55. The van der Waals surface area contributed by atoms with Crippen LogP contribution < -0.4 is 0 Å². The average molecular weight is 401 g/mol. The average Bonchev–Trinajstić information content (AvgIpc) is 2.97. The lowest BCUT2D eigenvalue weighted by molar-refractivity contribution is -0.385. The molecule has 0 aliphatic rings. The second-order valence-corrected chi connectivity index (χ2v) is 6.13. The molecule has 0 fully saturated rings. The number of hydrogen-bond donors (Lipinski definition) is 0. The zero-order valence-corrected chi connectivity index (χ0v) is 13.8. The Hall–Kier alpha value is -2.91. The smallest absolute Gasteiger partial charge is 0.275 e. The highest BCUT2D eigenvalue weighted by molar-refractivity contribution is 7.99. The van der Waals surface area contributed by atoms with Gasteiger partial charge in [0.1, 0.15) is 11.1 Å². The van der Waals surface area contributed by atoms with E-state index in [0.29, 0.717) is 0 Å². The molecule has 0 atom stereocenters. The van der Waals surface area contributed by atoms with E-state index in [2.05, 4.69) is 15.2 Å². The molecule has 13 heteroatoms. The normalized spacial score (nSPS) is 11.5. The molecule has 3 rings (SSSR count). The molecule has 0 saturated heterocycles. The summed E-state index contributed by atoms with van der Waals surface area (Å²) in [6, 6.07) is 4.65. The highest BCUT2D eigenvalue weighted by Gasteiger charge is 2.32. The fraction of sp³-hybridized carbons (Fsp3) is 0.0769. The Balaban J connectivity index is 2.06. The third kappa shape index (κ3) is 3.26. The Kier molecular flexibility index (Phi) is 4.43. The molecule has 0 amide bonds. The van der Waals surface area contributed by atoms with Crippen molar-refractivity contribution in [2.75, 3.05) is 0 Å². The number of fused-ring (bicyclic) bond motifs is 1. The Bertz CT molecular complexity index is 1080. The van der Waals surface area contributed by atoms with Gasteiger partial charge in [-0.1, -0.05) is 11.6 Å². The molecule has 0 saturated carbocycles. The number of aromatic nitrogens is 4. The molecule has 0 N–H and O–H groups in total. The van der Waals surface area contributed by atoms with Gasteiger partial charge in [-0.05, 0) is 23.9 Å². The minimum atomic E-state index is -4.62. The maximum atomic E-state index is 12.9. The highest BCUT2D eigenvalue weighted by Crippen LogP contribution is 2.34. The van der Waals surface area contributed by atoms with Crippen molar-refractivity contribution in [3.63, 3.8) is 0 Å². The van der Waals surface area contributed by atoms with Crippen LogP contribution in [-0.4, -0.2) is 24.5 Å². The van der Waals surface area contributed by atoms with Crippen LogP contribution in [0.15, 0.2) is 34.6 Å². The van der Waals surface area contributed by atoms with Crippen LogP contribution in [0.3, 0.4) is 0 Å². The molecule has 3 aromatic heterocycles. The Morgan fingerprint density at radius 1 is 1.35 bits per heavy atom. The summed E-state index contributed by atoms with van der Waals surface area (Å²) in [5.41, 5.74) is -1.90. The van der Waals surface area contributed by atoms with Gasteiger partial charge in [0, 0.05) is 12.3 Å². The van der Waals surface area contributed by atoms with Crippen LogP contribution in [0.25, 0.3) is 5.65 Å². The molecule has 0 bridgehead atoms. The van der Waals surface area contributed by atoms with Gasteiger partial charge in [-0.2, -0.15) is 18.4 Å². The molecule has 26 heavy (non-hydrogen) atoms. The summed E-state index contributed by atoms with van der Waals surface area (Å²) in [7, 11) is 0. The summed E-state index contributed by atoms with van der Waals surface area (Å²) in [6.45, 7) is 0. The minimum Gasteiger partial charge on any atom is -0.275 e. The van der Waals surface area contributed by atoms with Crippen molar-refractivity contribution in [1.82, 2.24) is 19.6 Å². The van der Waals surface area contributed by atoms with E-state index in [1.54, 1.807) is 6.07 Å². The predicted molar refractivity (Wildman–Crippen MR) is 82.7 cm³/mol. The Labute approximate surface area is 151 Å². The predicted octanol–water partition coefficient (Wildman–Crippen LogP) is 3.73. The summed E-state index contributed by atoms with van der Waals surface area (Å²) in [6.07, 6.45) is -3.84. The van der Waals surface area contributed by atoms with Gasteiger partial charge >= 0.3 is 11.9 Å². The molecule has 0 unspecified atom stereocenters. The first-order chi connectivity index (χ1) is 12.2. The van der Waals surface area contributed by atoms with Crippen LogP contribution in [-0.2, 0) is 6.18 Å². The lowest BCUT2D eigenvalue weighted by Gasteiger charge is -2.08. The highest BCUT2D eigenvalue weighted by atomic mass is 35.5. The fourth-order valence-electron chi connectivity index (χ4n) is 1.97. The number of nitriles is 1. The largest absolute Gasteiger partial charge is 0.417 e. The zero-order valence-electron chi connectivity index (χ0n) is 12.2. The third-order valence-electron chi connectivity index (χ3n) is 3.10. The first kappa shape index (κ1) is 17.9. The zero-order chi connectivity index (χ0) is 19.1. The monoisotopic (exact) mass is 400 g/mol. The van der Waals surface area contributed by atoms with E-state index in [9.17, 15) is 23.3 Å². The van der Waals surface area contributed by atoms with Crippen LogP contribution in [0, 0.1) is 21.4 Å². The quantitative estimate of drug-likeness (QED) is 0.486. The molecule has 0 aromatic carbocycles. The summed E-state index contributed by atoms with van der Waals surface area (Å²) >= 11 is 6.60. The molecule has 0 spiro atoms. The van der Waals surface area contributed by atoms with Gasteiger partial charge in [0.2, 0.25) is 10.9 Å². The lowest BCUT2D eigenvalue weighted by Crippen LogP contribution is -2.07. The topological polar surface area (TPSA) is 110 Å². The maximum absolute atomic E-state index is 12.9. The Morgan fingerprint density at radius 2 is 2.08 bits per heavy atom. The number of alkyl halides is 3. The summed E-state index contributed by atoms with van der Waals surface area (Å²) in [4.78, 5) is 13.9. The second kappa shape index (κ2) is 6.43. The van der Waals surface area contributed by atoms with Crippen LogP contribution >= 0.6 is 23.4 Å². The standard InChI is InChI=1S/C13H4ClF3N6O2S/c14-7-3-6(13(15,16)17)5-22-11(7)20-21-12(22)26-10-2-1-9(23(24)25)8(4-18)19-10/h1-3,5H. The molecule has 8 nitrogen and oxygen atoms in total. The minimum absolute atomic E-state index is 0.00163. The summed E-state index contributed by atoms with van der Waals surface area (Å²) < 4.78 is 39.9. The van der Waals surface area contributed by atoms with Crippen LogP contribution in [0.4, 0.5) is 18.9 Å². The number of rotatable bonds is 3. The van der Waals surface area contributed by atoms with Crippen LogP contribution in [0.1, 0.15) is 11.3 Å². The molecule has 3 aromatic rings. The summed E-state index contributed by atoms with van der Waals surface area (Å²) in [5, 5.41) is 27.1. The van der Waals surface area contributed by atoms with E-state index >= 15 is 0 Å². The van der Waals surface area contributed by atoms with E-state index in [1.165, 1.54) is 6.07 Å². The molecular weight excluding hydrogens is 397 g/mol. The third-order valence-corrected chi connectivity index (χ3v) is 4.28. The number of pyridine rings is 2. The van der Waals surface area contributed by atoms with Crippen molar-refractivity contribution in [2.24, 2.45) is 0 Å². The van der Waals surface area contributed by atoms with Gasteiger partial charge in [-0.25, -0.2) is 4.98 Å². The first-order valence-corrected chi connectivity index (χ1v) is 7.75. The van der Waals surface area contributed by atoms with Gasteiger partial charge in [0.15, 0.2) is 5.65 Å². The van der Waals surface area contributed by atoms with Gasteiger partial charge in [-0.3, -0.25) is 14.5 Å². The SMILES string of the molecule is N#Cc1nc(Sc2nnc3c(Cl)cc(C(F)(F)F)cn23)ccc1[N+](=O)[O-]. The fourth-order valence-corrected chi connectivity index (χ4v) is 3.00. The molecule has 3 heterocycles. The van der Waals surface area contributed by atoms with Crippen molar-refractivity contribution >= 4 is 34.7 Å². The molecule has 132 valence electrons. The number of nitro groups is 1. The number of nitrogens with zero attached hydrogens (tertiary/aromatic N) is 6. The van der Waals surface area contributed by atoms with Crippen LogP contribution in [0.5, 0.6) is 0 Å². The van der Waals surface area contributed by atoms with Crippen molar-refractivity contribution in [1.29, 1.82) is 5.26 Å². The molecule has 0 radical (unpaired) electrons. The number of halogens is 4. The Morgan fingerprint density at radius 3 is 2.69 bits per heavy atom. The number of hydrogen-bond acceptors (Lipinski definition) is 7. The van der Waals surface area contributed by atoms with Gasteiger partial charge in [-0.15, -0.1) is 10.2 Å². The lowest BCUT2D eigenvalue weighted by atomic mass is 10.3. The van der Waals surface area contributed by atoms with E-state index in [4.69, 9.17) is 16.9 Å². The van der Waals surface area contributed by atoms with Gasteiger partial charge in [0.05, 0.1) is 15.5 Å². The summed E-state index contributed by atoms with van der Waals surface area (Å²) in [5.74, 6) is 0. The van der Waals surface area contributed by atoms with Gasteiger partial charge in [0.25, 0.3) is 0 Å². The maximum Gasteiger partial charge on any atom is 0.417 e. The van der Waals surface area contributed by atoms with Crippen molar-refractivity contribution < 1.29 is 18.1 Å². The van der Waals surface area contributed by atoms with Gasteiger partial charge < -0.3 is 0 Å². The van der Waals surface area contributed by atoms with E-state index in [0.717, 1.165) is 34.5 Å². The molecule has 0 aliphatic carbocycles. The van der Waals surface area contributed by atoms with Crippen molar-refractivity contribution in [2.45, 2.75) is 16.4 Å². The van der Waals surface area contributed by atoms with Crippen molar-refractivity contribution in [3.05, 3.63) is 50.8 Å². The molecule has 0 aliphatic heterocycles. The van der Waals surface area contributed by atoms with E-state index in [1.807, 2.05) is 0 Å². The van der Waals surface area contributed by atoms with Crippen molar-refractivity contribution in [3.8, 4) is 6.07 Å². The second-order valence-electron chi connectivity index (χ2n) is 4.74. The van der Waals surface area contributed by atoms with Crippen LogP contribution in [0.2, 0.25) is 5.02 Å². The van der Waals surface area contributed by atoms with E-state index < -0.39 is 28.0 Å². The molecular formula is C13H4ClF3N6O2S. The van der Waals surface area contributed by atoms with E-state index in [-0.39, 0.29) is 20.9 Å².